The number of aromatic nitrogens is 2. The van der Waals surface area contributed by atoms with Gasteiger partial charge in [-0.2, -0.15) is 0 Å². The first kappa shape index (κ1) is 16.6. The Kier molecular flexibility index (Phi) is 6.07. The Bertz CT molecular complexity index is 683. The molecule has 1 aromatic heterocycles. The van der Waals surface area contributed by atoms with Crippen LogP contribution in [0, 0.1) is 6.92 Å². The van der Waals surface area contributed by atoms with Gasteiger partial charge in [0.25, 0.3) is 5.56 Å². The number of rotatable bonds is 7. The highest BCUT2D eigenvalue weighted by molar-refractivity contribution is 7.98. The molecule has 0 aliphatic heterocycles. The molecule has 118 valence electrons. The Morgan fingerprint density at radius 3 is 2.77 bits per heavy atom. The molecule has 0 spiro atoms. The molecule has 1 aromatic carbocycles. The van der Waals surface area contributed by atoms with Gasteiger partial charge < -0.3 is 9.72 Å². The van der Waals surface area contributed by atoms with Gasteiger partial charge in [0.05, 0.1) is 6.61 Å². The molecule has 2 rings (SSSR count). The van der Waals surface area contributed by atoms with Crippen molar-refractivity contribution in [1.29, 1.82) is 0 Å². The van der Waals surface area contributed by atoms with Gasteiger partial charge in [-0.25, -0.2) is 4.98 Å². The van der Waals surface area contributed by atoms with Crippen LogP contribution in [0.1, 0.15) is 36.6 Å². The second-order valence-corrected chi connectivity index (χ2v) is 5.92. The fourth-order valence-electron chi connectivity index (χ4n) is 2.20. The monoisotopic (exact) mass is 318 g/mol. The van der Waals surface area contributed by atoms with E-state index in [1.807, 2.05) is 37.4 Å². The number of ether oxygens (including phenoxy) is 1. The van der Waals surface area contributed by atoms with Crippen LogP contribution in [-0.2, 0) is 6.42 Å². The lowest BCUT2D eigenvalue weighted by Gasteiger charge is -2.12. The predicted octanol–water partition coefficient (Wildman–Crippen LogP) is 3.57. The lowest BCUT2D eigenvalue weighted by Crippen LogP contribution is -2.18. The summed E-state index contributed by atoms with van der Waals surface area (Å²) < 4.78 is 5.84. The lowest BCUT2D eigenvalue weighted by atomic mass is 10.0. The summed E-state index contributed by atoms with van der Waals surface area (Å²) in [6.45, 7) is 4.72. The zero-order valence-electron chi connectivity index (χ0n) is 13.3. The fraction of sp³-hybridized carbons (Fsp3) is 0.412. The van der Waals surface area contributed by atoms with E-state index in [2.05, 4.69) is 16.9 Å². The zero-order valence-corrected chi connectivity index (χ0v) is 14.1. The third-order valence-corrected chi connectivity index (χ3v) is 4.07. The molecule has 0 unspecified atom stereocenters. The van der Waals surface area contributed by atoms with Crippen molar-refractivity contribution in [2.75, 3.05) is 12.9 Å². The van der Waals surface area contributed by atoms with Gasteiger partial charge in [-0.1, -0.05) is 43.3 Å². The maximum Gasteiger partial charge on any atom is 0.255 e. The number of nitrogens with one attached hydrogen (secondary N) is 1. The van der Waals surface area contributed by atoms with Crippen LogP contribution in [0.3, 0.4) is 0 Å². The van der Waals surface area contributed by atoms with Crippen LogP contribution in [0.2, 0.25) is 0 Å². The molecule has 0 saturated heterocycles. The van der Waals surface area contributed by atoms with E-state index in [-0.39, 0.29) is 5.56 Å². The normalized spacial score (nSPS) is 10.7. The average molecular weight is 318 g/mol. The number of thioether (sulfide) groups is 1. The van der Waals surface area contributed by atoms with Crippen molar-refractivity contribution in [2.45, 2.75) is 38.3 Å². The van der Waals surface area contributed by atoms with Gasteiger partial charge in [0, 0.05) is 17.7 Å². The second kappa shape index (κ2) is 8.03. The van der Waals surface area contributed by atoms with Gasteiger partial charge in [-0.05, 0) is 31.2 Å². The van der Waals surface area contributed by atoms with Gasteiger partial charge in [0.1, 0.15) is 5.75 Å². The molecule has 1 heterocycles. The fourth-order valence-corrected chi connectivity index (χ4v) is 2.62. The quantitative estimate of drug-likeness (QED) is 0.482. The highest BCUT2D eigenvalue weighted by atomic mass is 32.2. The maximum absolute atomic E-state index is 12.2. The molecule has 22 heavy (non-hydrogen) atoms. The van der Waals surface area contributed by atoms with Gasteiger partial charge in [-0.3, -0.25) is 4.79 Å². The number of aryl methyl sites for hydroxylation is 1. The third-order valence-electron chi connectivity index (χ3n) is 3.49. The van der Waals surface area contributed by atoms with Crippen molar-refractivity contribution >= 4 is 11.8 Å². The number of para-hydroxylation sites is 1. The van der Waals surface area contributed by atoms with Crippen LogP contribution in [-0.4, -0.2) is 22.8 Å². The minimum atomic E-state index is -0.0692. The number of hydrogen-bond donors (Lipinski definition) is 1. The van der Waals surface area contributed by atoms with Gasteiger partial charge in [0.15, 0.2) is 5.16 Å². The average Bonchev–Trinajstić information content (AvgIpc) is 2.52. The number of unbranched alkanes of at least 4 members (excludes halogenated alkanes) is 1. The Morgan fingerprint density at radius 1 is 1.32 bits per heavy atom. The minimum absolute atomic E-state index is 0.0692. The topological polar surface area (TPSA) is 55.0 Å². The lowest BCUT2D eigenvalue weighted by molar-refractivity contribution is 0.306. The summed E-state index contributed by atoms with van der Waals surface area (Å²) in [6.07, 6.45) is 4.55. The van der Waals surface area contributed by atoms with E-state index >= 15 is 0 Å². The SMILES string of the molecule is CCCCOc1ccccc1Cc1c(C)nc(SC)[nH]c1=O. The van der Waals surface area contributed by atoms with E-state index in [9.17, 15) is 4.79 Å². The molecular formula is C17H22N2O2S. The number of aromatic amines is 1. The number of H-pyrrole nitrogens is 1. The summed E-state index contributed by atoms with van der Waals surface area (Å²) in [6, 6.07) is 7.88. The van der Waals surface area contributed by atoms with E-state index in [1.54, 1.807) is 0 Å². The Morgan fingerprint density at radius 2 is 2.09 bits per heavy atom. The highest BCUT2D eigenvalue weighted by Crippen LogP contribution is 2.22. The van der Waals surface area contributed by atoms with Crippen LogP contribution in [0.15, 0.2) is 34.2 Å². The Balaban J connectivity index is 2.26. The molecule has 0 saturated carbocycles. The van der Waals surface area contributed by atoms with Crippen molar-refractivity contribution < 1.29 is 4.74 Å². The predicted molar refractivity (Wildman–Crippen MR) is 91.0 cm³/mol. The summed E-state index contributed by atoms with van der Waals surface area (Å²) in [4.78, 5) is 19.5. The van der Waals surface area contributed by atoms with Gasteiger partial charge in [-0.15, -0.1) is 0 Å². The van der Waals surface area contributed by atoms with E-state index in [0.29, 0.717) is 23.7 Å². The van der Waals surface area contributed by atoms with Crippen LogP contribution < -0.4 is 10.3 Å². The van der Waals surface area contributed by atoms with Crippen molar-refractivity contribution in [1.82, 2.24) is 9.97 Å². The van der Waals surface area contributed by atoms with E-state index in [0.717, 1.165) is 29.8 Å². The van der Waals surface area contributed by atoms with Crippen molar-refractivity contribution in [3.05, 3.63) is 51.4 Å². The summed E-state index contributed by atoms with van der Waals surface area (Å²) in [5.74, 6) is 0.851. The Labute approximate surface area is 135 Å². The van der Waals surface area contributed by atoms with Crippen LogP contribution >= 0.6 is 11.8 Å². The smallest absolute Gasteiger partial charge is 0.255 e. The highest BCUT2D eigenvalue weighted by Gasteiger charge is 2.11. The maximum atomic E-state index is 12.2. The van der Waals surface area contributed by atoms with Crippen LogP contribution in [0.5, 0.6) is 5.75 Å². The molecule has 0 atom stereocenters. The zero-order chi connectivity index (χ0) is 15.9. The molecule has 0 amide bonds. The first-order valence-corrected chi connectivity index (χ1v) is 8.72. The first-order chi connectivity index (χ1) is 10.7. The van der Waals surface area contributed by atoms with Crippen molar-refractivity contribution in [2.24, 2.45) is 0 Å². The minimum Gasteiger partial charge on any atom is -0.493 e. The van der Waals surface area contributed by atoms with Crippen molar-refractivity contribution in [3.8, 4) is 5.75 Å². The molecule has 0 bridgehead atoms. The van der Waals surface area contributed by atoms with Gasteiger partial charge in [0.2, 0.25) is 0 Å². The van der Waals surface area contributed by atoms with E-state index < -0.39 is 0 Å². The molecule has 1 N–H and O–H groups in total. The largest absolute Gasteiger partial charge is 0.493 e. The summed E-state index contributed by atoms with van der Waals surface area (Å²) in [7, 11) is 0. The van der Waals surface area contributed by atoms with Crippen molar-refractivity contribution in [3.63, 3.8) is 0 Å². The number of nitrogens with zero attached hydrogens (tertiary/aromatic N) is 1. The molecular weight excluding hydrogens is 296 g/mol. The Hall–Kier alpha value is -1.75. The second-order valence-electron chi connectivity index (χ2n) is 5.13. The molecule has 0 aliphatic carbocycles. The molecule has 5 heteroatoms. The van der Waals surface area contributed by atoms with Crippen LogP contribution in [0.25, 0.3) is 0 Å². The van der Waals surface area contributed by atoms with Crippen LogP contribution in [0.4, 0.5) is 0 Å². The molecule has 4 nitrogen and oxygen atoms in total. The first-order valence-electron chi connectivity index (χ1n) is 7.50. The number of benzene rings is 1. The number of hydrogen-bond acceptors (Lipinski definition) is 4. The molecule has 0 radical (unpaired) electrons. The van der Waals surface area contributed by atoms with E-state index in [4.69, 9.17) is 4.74 Å². The van der Waals surface area contributed by atoms with Gasteiger partial charge >= 0.3 is 0 Å². The summed E-state index contributed by atoms with van der Waals surface area (Å²) >= 11 is 1.44. The summed E-state index contributed by atoms with van der Waals surface area (Å²) in [5.41, 5.74) is 2.42. The van der Waals surface area contributed by atoms with E-state index in [1.165, 1.54) is 11.8 Å². The molecule has 0 aliphatic rings. The summed E-state index contributed by atoms with van der Waals surface area (Å²) in [5, 5.41) is 0.652. The standard InChI is InChI=1S/C17H22N2O2S/c1-4-5-10-21-15-9-7-6-8-13(15)11-14-12(2)18-17(22-3)19-16(14)20/h6-9H,4-5,10-11H2,1-3H3,(H,18,19,20). The third kappa shape index (κ3) is 4.13. The molecule has 0 fully saturated rings. The molecule has 2 aromatic rings.